The number of nitrogens with one attached hydrogen (secondary N) is 1. The molecule has 6 nitrogen and oxygen atoms in total. The van der Waals surface area contributed by atoms with Crippen LogP contribution in [0.3, 0.4) is 0 Å². The van der Waals surface area contributed by atoms with Gasteiger partial charge < -0.3 is 15.2 Å². The Bertz CT molecular complexity index is 582. The molecule has 1 N–H and O–H groups in total. The average molecular weight is 256 g/mol. The van der Waals surface area contributed by atoms with Crippen LogP contribution < -0.4 is 10.4 Å². The van der Waals surface area contributed by atoms with Gasteiger partial charge in [-0.15, -0.1) is 0 Å². The van der Waals surface area contributed by atoms with E-state index in [4.69, 9.17) is 0 Å². The van der Waals surface area contributed by atoms with Crippen molar-refractivity contribution in [1.29, 1.82) is 0 Å². The van der Waals surface area contributed by atoms with Crippen molar-refractivity contribution < 1.29 is 14.7 Å². The first-order chi connectivity index (χ1) is 9.16. The van der Waals surface area contributed by atoms with E-state index in [1.807, 2.05) is 6.07 Å². The van der Waals surface area contributed by atoms with Crippen LogP contribution in [0.25, 0.3) is 0 Å². The summed E-state index contributed by atoms with van der Waals surface area (Å²) in [6.45, 7) is 0.342. The third kappa shape index (κ3) is 3.35. The van der Waals surface area contributed by atoms with E-state index in [1.54, 1.807) is 18.5 Å². The standard InChI is InChI=1S/C13H11N3O3/c17-12(16-7-9-2-1-5-14-6-9)10-3-4-11(13(18)19)15-8-10/h1-6,8H,7H2,(H,16,17)(H,18,19)/p-1. The Morgan fingerprint density at radius 2 is 2.05 bits per heavy atom. The molecule has 0 aliphatic rings. The number of rotatable bonds is 4. The molecule has 0 aromatic carbocycles. The number of carboxylic acid groups (broad SMARTS) is 1. The van der Waals surface area contributed by atoms with E-state index >= 15 is 0 Å². The maximum Gasteiger partial charge on any atom is 0.253 e. The molecule has 19 heavy (non-hydrogen) atoms. The number of carbonyl (C=O) groups is 2. The quantitative estimate of drug-likeness (QED) is 0.815. The van der Waals surface area contributed by atoms with Crippen molar-refractivity contribution in [3.05, 3.63) is 59.7 Å². The average Bonchev–Trinajstić information content (AvgIpc) is 2.46. The first-order valence-corrected chi connectivity index (χ1v) is 5.51. The third-order valence-corrected chi connectivity index (χ3v) is 2.41. The molecule has 0 spiro atoms. The number of hydrogen-bond donors (Lipinski definition) is 1. The van der Waals surface area contributed by atoms with E-state index < -0.39 is 5.97 Å². The van der Waals surface area contributed by atoms with Gasteiger partial charge in [-0.3, -0.25) is 14.8 Å². The minimum atomic E-state index is -1.37. The molecule has 0 saturated carbocycles. The van der Waals surface area contributed by atoms with Crippen LogP contribution in [0.4, 0.5) is 0 Å². The largest absolute Gasteiger partial charge is 0.543 e. The summed E-state index contributed by atoms with van der Waals surface area (Å²) in [7, 11) is 0. The molecule has 2 rings (SSSR count). The van der Waals surface area contributed by atoms with Gasteiger partial charge in [0.25, 0.3) is 5.91 Å². The highest BCUT2D eigenvalue weighted by atomic mass is 16.4. The number of carbonyl (C=O) groups excluding carboxylic acids is 2. The Hall–Kier alpha value is -2.76. The van der Waals surface area contributed by atoms with E-state index in [0.29, 0.717) is 6.54 Å². The SMILES string of the molecule is O=C(NCc1cccnc1)c1ccc(C(=O)[O-])nc1. The first kappa shape index (κ1) is 12.7. The molecule has 0 fully saturated rings. The highest BCUT2D eigenvalue weighted by Crippen LogP contribution is 2.01. The molecule has 0 atom stereocenters. The van der Waals surface area contributed by atoms with Gasteiger partial charge in [0.2, 0.25) is 0 Å². The number of hydrogen-bond acceptors (Lipinski definition) is 5. The number of amides is 1. The summed E-state index contributed by atoms with van der Waals surface area (Å²) in [4.78, 5) is 29.8. The van der Waals surface area contributed by atoms with E-state index in [0.717, 1.165) is 5.56 Å². The van der Waals surface area contributed by atoms with Crippen LogP contribution in [0.1, 0.15) is 26.4 Å². The molecule has 1 amide bonds. The number of carboxylic acids is 1. The fourth-order valence-electron chi connectivity index (χ4n) is 1.44. The van der Waals surface area contributed by atoms with Gasteiger partial charge in [-0.05, 0) is 23.8 Å². The summed E-state index contributed by atoms with van der Waals surface area (Å²) in [5.41, 5.74) is 0.952. The lowest BCUT2D eigenvalue weighted by molar-refractivity contribution is -0.255. The van der Waals surface area contributed by atoms with Gasteiger partial charge in [0, 0.05) is 25.1 Å². The summed E-state index contributed by atoms with van der Waals surface area (Å²) in [5.74, 6) is -1.71. The second-order valence-corrected chi connectivity index (χ2v) is 3.76. The fraction of sp³-hybridized carbons (Fsp3) is 0.0769. The van der Waals surface area contributed by atoms with E-state index in [1.165, 1.54) is 18.3 Å². The highest BCUT2D eigenvalue weighted by Gasteiger charge is 2.06. The predicted octanol–water partition coefficient (Wildman–Crippen LogP) is -0.230. The topological polar surface area (TPSA) is 95.0 Å². The van der Waals surface area contributed by atoms with Crippen LogP contribution in [0.2, 0.25) is 0 Å². The Kier molecular flexibility index (Phi) is 3.82. The lowest BCUT2D eigenvalue weighted by Crippen LogP contribution is -2.25. The lowest BCUT2D eigenvalue weighted by Gasteiger charge is -2.06. The molecule has 96 valence electrons. The first-order valence-electron chi connectivity index (χ1n) is 5.51. The maximum absolute atomic E-state index is 11.8. The molecule has 2 aromatic heterocycles. The molecule has 0 aliphatic carbocycles. The van der Waals surface area contributed by atoms with Gasteiger partial charge in [0.05, 0.1) is 17.2 Å². The molecule has 2 heterocycles. The second-order valence-electron chi connectivity index (χ2n) is 3.76. The van der Waals surface area contributed by atoms with Gasteiger partial charge in [-0.2, -0.15) is 0 Å². The maximum atomic E-state index is 11.8. The molecular weight excluding hydrogens is 246 g/mol. The van der Waals surface area contributed by atoms with Crippen LogP contribution >= 0.6 is 0 Å². The van der Waals surface area contributed by atoms with E-state index in [-0.39, 0.29) is 17.2 Å². The summed E-state index contributed by atoms with van der Waals surface area (Å²) >= 11 is 0. The normalized spacial score (nSPS) is 9.89. The van der Waals surface area contributed by atoms with Crippen LogP contribution in [-0.4, -0.2) is 21.8 Å². The molecular formula is C13H10N3O3-. The van der Waals surface area contributed by atoms with Crippen LogP contribution in [-0.2, 0) is 6.54 Å². The zero-order valence-electron chi connectivity index (χ0n) is 9.87. The van der Waals surface area contributed by atoms with E-state index in [9.17, 15) is 14.7 Å². The second kappa shape index (κ2) is 5.72. The van der Waals surface area contributed by atoms with Crippen molar-refractivity contribution >= 4 is 11.9 Å². The number of pyridine rings is 2. The smallest absolute Gasteiger partial charge is 0.253 e. The van der Waals surface area contributed by atoms with E-state index in [2.05, 4.69) is 15.3 Å². The van der Waals surface area contributed by atoms with Crippen molar-refractivity contribution in [2.75, 3.05) is 0 Å². The van der Waals surface area contributed by atoms with Crippen molar-refractivity contribution in [3.63, 3.8) is 0 Å². The number of aromatic carboxylic acids is 1. The zero-order chi connectivity index (χ0) is 13.7. The van der Waals surface area contributed by atoms with Crippen molar-refractivity contribution in [1.82, 2.24) is 15.3 Å². The van der Waals surface area contributed by atoms with Crippen molar-refractivity contribution in [2.45, 2.75) is 6.54 Å². The molecule has 0 aliphatic heterocycles. The van der Waals surface area contributed by atoms with Crippen LogP contribution in [0.15, 0.2) is 42.9 Å². The molecule has 0 saturated heterocycles. The Morgan fingerprint density at radius 3 is 2.63 bits per heavy atom. The number of nitrogens with zero attached hydrogens (tertiary/aromatic N) is 2. The van der Waals surface area contributed by atoms with Crippen molar-refractivity contribution in [2.24, 2.45) is 0 Å². The summed E-state index contributed by atoms with van der Waals surface area (Å²) in [6.07, 6.45) is 4.50. The van der Waals surface area contributed by atoms with Gasteiger partial charge in [-0.1, -0.05) is 6.07 Å². The van der Waals surface area contributed by atoms with Gasteiger partial charge in [-0.25, -0.2) is 0 Å². The molecule has 2 aromatic rings. The fourth-order valence-corrected chi connectivity index (χ4v) is 1.44. The summed E-state index contributed by atoms with van der Waals surface area (Å²) in [5, 5.41) is 13.2. The zero-order valence-corrected chi connectivity index (χ0v) is 9.87. The Labute approximate surface area is 109 Å². The summed E-state index contributed by atoms with van der Waals surface area (Å²) in [6, 6.07) is 6.23. The molecule has 0 radical (unpaired) electrons. The number of aromatic nitrogens is 2. The monoisotopic (exact) mass is 256 g/mol. The minimum Gasteiger partial charge on any atom is -0.543 e. The van der Waals surface area contributed by atoms with Crippen LogP contribution in [0, 0.1) is 0 Å². The Morgan fingerprint density at radius 1 is 1.21 bits per heavy atom. The minimum absolute atomic E-state index is 0.205. The van der Waals surface area contributed by atoms with Crippen LogP contribution in [0.5, 0.6) is 0 Å². The summed E-state index contributed by atoms with van der Waals surface area (Å²) < 4.78 is 0. The molecule has 0 bridgehead atoms. The van der Waals surface area contributed by atoms with Gasteiger partial charge in [0.1, 0.15) is 0 Å². The van der Waals surface area contributed by atoms with Crippen molar-refractivity contribution in [3.8, 4) is 0 Å². The predicted molar refractivity (Wildman–Crippen MR) is 64.0 cm³/mol. The highest BCUT2D eigenvalue weighted by molar-refractivity contribution is 5.94. The lowest BCUT2D eigenvalue weighted by atomic mass is 10.2. The Balaban J connectivity index is 1.98. The van der Waals surface area contributed by atoms with Gasteiger partial charge in [0.15, 0.2) is 0 Å². The molecule has 6 heteroatoms. The molecule has 0 unspecified atom stereocenters. The third-order valence-electron chi connectivity index (χ3n) is 2.41. The van der Waals surface area contributed by atoms with Gasteiger partial charge >= 0.3 is 0 Å².